The quantitative estimate of drug-likeness (QED) is 0.216. The lowest BCUT2D eigenvalue weighted by molar-refractivity contribution is -0.135. The fourth-order valence-corrected chi connectivity index (χ4v) is 5.43. The molecule has 1 aromatic heterocycles. The van der Waals surface area contributed by atoms with E-state index < -0.39 is 24.0 Å². The first-order valence-corrected chi connectivity index (χ1v) is 15.1. The zero-order valence-corrected chi connectivity index (χ0v) is 26.2. The Hall–Kier alpha value is -5.41. The lowest BCUT2D eigenvalue weighted by Gasteiger charge is -2.36. The first kappa shape index (κ1) is 33.0. The van der Waals surface area contributed by atoms with Crippen molar-refractivity contribution in [3.8, 4) is 5.69 Å². The highest BCUT2D eigenvalue weighted by atomic mass is 35.5. The molecule has 2 bridgehead atoms. The average Bonchev–Trinajstić information content (AvgIpc) is 3.60. The van der Waals surface area contributed by atoms with Gasteiger partial charge < -0.3 is 14.8 Å². The molecule has 1 saturated heterocycles. The Bertz CT molecular complexity index is 1740. The number of hydrazine groups is 1. The summed E-state index contributed by atoms with van der Waals surface area (Å²) in [6.45, 7) is 1.82. The van der Waals surface area contributed by atoms with Crippen LogP contribution in [-0.4, -0.2) is 75.6 Å². The third-order valence-corrected chi connectivity index (χ3v) is 7.72. The summed E-state index contributed by atoms with van der Waals surface area (Å²) in [6.07, 6.45) is 8.28. The Kier molecular flexibility index (Phi) is 10.7. The largest absolute Gasteiger partial charge is 0.461 e. The van der Waals surface area contributed by atoms with E-state index in [-0.39, 0.29) is 35.9 Å². The van der Waals surface area contributed by atoms with E-state index in [9.17, 15) is 19.2 Å². The number of allylic oxidation sites excluding steroid dienone is 1. The molecule has 5 rings (SSSR count). The second-order valence-electron chi connectivity index (χ2n) is 10.5. The number of amides is 3. The number of carbonyl (C=O) groups excluding carboxylic acids is 4. The number of methoxy groups -OCH3 is 1. The number of halogens is 1. The number of carbonyl (C=O) groups is 4. The Labute approximate surface area is 274 Å². The average molecular weight is 662 g/mol. The Morgan fingerprint density at radius 1 is 1.19 bits per heavy atom. The standard InChI is InChI=1S/C31H32ClN9O6/c1-3-47-30(44)24-7-5-4-6-23(36-28(42)13-8-18-14-19(32)9-12-27(18)41-17-33-39-40-41)26-16-22(29(43)38-37-26)21-11-10-20(15-25(21)35-24)34-31(45)46-2/h5,7-15,17,22-23,26,37H,3-4,6,16H2,1-2H3,(H,34,45)(H,36,42)(H,38,43)/t22?,23?,26-/m1/s1. The van der Waals surface area contributed by atoms with Crippen LogP contribution in [0.4, 0.5) is 16.2 Å². The molecule has 2 aromatic carbocycles. The molecule has 15 nitrogen and oxygen atoms in total. The number of ether oxygens (including phenoxy) is 2. The summed E-state index contributed by atoms with van der Waals surface area (Å²) in [6, 6.07) is 9.15. The molecule has 4 N–H and O–H groups in total. The molecule has 2 aliphatic heterocycles. The van der Waals surface area contributed by atoms with Crippen LogP contribution in [0.5, 0.6) is 0 Å². The maximum absolute atomic E-state index is 13.3. The fourth-order valence-electron chi connectivity index (χ4n) is 5.25. The number of anilines is 1. The molecule has 0 saturated carbocycles. The topological polar surface area (TPSA) is 191 Å². The SMILES string of the molecule is CCOC(=O)C1=Nc2cc(NC(=O)OC)ccc2C2C[C@@H](NNC2=O)C(NC(=O)C=Cc2cc(Cl)ccc2-n2cnnn2)CCC=C1. The number of nitrogens with zero attached hydrogens (tertiary/aromatic N) is 5. The number of rotatable bonds is 7. The van der Waals surface area contributed by atoms with Crippen LogP contribution in [0.2, 0.25) is 5.02 Å². The summed E-state index contributed by atoms with van der Waals surface area (Å²) in [5.74, 6) is -2.06. The van der Waals surface area contributed by atoms with Crippen LogP contribution in [0.15, 0.2) is 65.9 Å². The molecular weight excluding hydrogens is 630 g/mol. The van der Waals surface area contributed by atoms with Gasteiger partial charge in [0.05, 0.1) is 31.0 Å². The van der Waals surface area contributed by atoms with Crippen LogP contribution in [0, 0.1) is 0 Å². The second-order valence-corrected chi connectivity index (χ2v) is 11.0. The van der Waals surface area contributed by atoms with E-state index >= 15 is 0 Å². The Morgan fingerprint density at radius 2 is 2.04 bits per heavy atom. The summed E-state index contributed by atoms with van der Waals surface area (Å²) in [5.41, 5.74) is 8.19. The first-order chi connectivity index (χ1) is 22.7. The number of aromatic nitrogens is 4. The van der Waals surface area contributed by atoms with Crippen LogP contribution < -0.4 is 21.5 Å². The summed E-state index contributed by atoms with van der Waals surface area (Å²) >= 11 is 6.22. The Balaban J connectivity index is 1.45. The van der Waals surface area contributed by atoms with E-state index in [1.54, 1.807) is 61.5 Å². The van der Waals surface area contributed by atoms with Crippen molar-refractivity contribution < 1.29 is 28.7 Å². The highest BCUT2D eigenvalue weighted by Gasteiger charge is 2.36. The molecule has 0 spiro atoms. The van der Waals surface area contributed by atoms with Gasteiger partial charge in [-0.15, -0.1) is 5.10 Å². The van der Waals surface area contributed by atoms with Gasteiger partial charge in [0, 0.05) is 34.4 Å². The highest BCUT2D eigenvalue weighted by Crippen LogP contribution is 2.35. The third-order valence-electron chi connectivity index (χ3n) is 7.48. The predicted molar refractivity (Wildman–Crippen MR) is 172 cm³/mol. The normalized spacial score (nSPS) is 19.3. The summed E-state index contributed by atoms with van der Waals surface area (Å²) in [7, 11) is 1.24. The number of benzene rings is 2. The van der Waals surface area contributed by atoms with E-state index in [0.29, 0.717) is 46.8 Å². The van der Waals surface area contributed by atoms with Gasteiger partial charge in [0.15, 0.2) is 0 Å². The number of tetrazole rings is 1. The molecule has 3 atom stereocenters. The van der Waals surface area contributed by atoms with Gasteiger partial charge in [-0.1, -0.05) is 23.7 Å². The maximum atomic E-state index is 13.3. The van der Waals surface area contributed by atoms with Crippen molar-refractivity contribution in [2.24, 2.45) is 4.99 Å². The predicted octanol–water partition coefficient (Wildman–Crippen LogP) is 3.15. The van der Waals surface area contributed by atoms with Crippen LogP contribution in [0.3, 0.4) is 0 Å². The Morgan fingerprint density at radius 3 is 2.81 bits per heavy atom. The van der Waals surface area contributed by atoms with Crippen molar-refractivity contribution in [2.45, 2.75) is 44.2 Å². The van der Waals surface area contributed by atoms with E-state index in [0.717, 1.165) is 0 Å². The van der Waals surface area contributed by atoms with Gasteiger partial charge in [0.2, 0.25) is 11.8 Å². The zero-order chi connectivity index (χ0) is 33.3. The molecule has 3 aromatic rings. The lowest BCUT2D eigenvalue weighted by Crippen LogP contribution is -2.60. The summed E-state index contributed by atoms with van der Waals surface area (Å²) in [4.78, 5) is 55.8. The second kappa shape index (κ2) is 15.2. The number of fused-ring (bicyclic) bond motifs is 4. The third kappa shape index (κ3) is 8.25. The van der Waals surface area contributed by atoms with Crippen molar-refractivity contribution in [2.75, 3.05) is 19.0 Å². The number of hydrogen-bond acceptors (Lipinski definition) is 11. The van der Waals surface area contributed by atoms with Crippen LogP contribution in [0.1, 0.15) is 43.2 Å². The minimum absolute atomic E-state index is 0.0122. The molecule has 0 radical (unpaired) electrons. The van der Waals surface area contributed by atoms with Gasteiger partial charge in [-0.2, -0.15) is 4.68 Å². The smallest absolute Gasteiger partial charge is 0.411 e. The van der Waals surface area contributed by atoms with Crippen molar-refractivity contribution in [1.29, 1.82) is 0 Å². The van der Waals surface area contributed by atoms with Crippen LogP contribution in [0.25, 0.3) is 11.8 Å². The monoisotopic (exact) mass is 661 g/mol. The molecule has 3 heterocycles. The van der Waals surface area contributed by atoms with Gasteiger partial charge in [-0.3, -0.25) is 20.3 Å². The van der Waals surface area contributed by atoms with Gasteiger partial charge in [0.25, 0.3) is 0 Å². The van der Waals surface area contributed by atoms with E-state index in [1.165, 1.54) is 24.2 Å². The fraction of sp³-hybridized carbons (Fsp3) is 0.290. The lowest BCUT2D eigenvalue weighted by atomic mass is 9.85. The molecule has 2 aliphatic rings. The summed E-state index contributed by atoms with van der Waals surface area (Å²) < 4.78 is 11.4. The van der Waals surface area contributed by atoms with E-state index in [1.807, 2.05) is 0 Å². The van der Waals surface area contributed by atoms with Crippen LogP contribution in [-0.2, 0) is 23.9 Å². The van der Waals surface area contributed by atoms with Crippen molar-refractivity contribution in [3.63, 3.8) is 0 Å². The molecule has 16 heteroatoms. The molecule has 2 unspecified atom stereocenters. The minimum Gasteiger partial charge on any atom is -0.461 e. The van der Waals surface area contributed by atoms with E-state index in [4.69, 9.17) is 21.1 Å². The van der Waals surface area contributed by atoms with Gasteiger partial charge in [0.1, 0.15) is 12.0 Å². The summed E-state index contributed by atoms with van der Waals surface area (Å²) in [5, 5.41) is 17.4. The first-order valence-electron chi connectivity index (χ1n) is 14.7. The minimum atomic E-state index is -0.709. The number of hydrogen-bond donors (Lipinski definition) is 4. The number of esters is 1. The number of aliphatic imine (C=N–C) groups is 1. The van der Waals surface area contributed by atoms with Crippen molar-refractivity contribution >= 4 is 58.6 Å². The molecular formula is C31H32ClN9O6. The van der Waals surface area contributed by atoms with Crippen LogP contribution >= 0.6 is 11.6 Å². The number of nitrogens with one attached hydrogen (secondary N) is 4. The zero-order valence-electron chi connectivity index (χ0n) is 25.5. The highest BCUT2D eigenvalue weighted by molar-refractivity contribution is 6.41. The van der Waals surface area contributed by atoms with Gasteiger partial charge in [-0.25, -0.2) is 20.0 Å². The molecule has 0 aliphatic carbocycles. The van der Waals surface area contributed by atoms with E-state index in [2.05, 4.69) is 42.0 Å². The maximum Gasteiger partial charge on any atom is 0.411 e. The van der Waals surface area contributed by atoms with Crippen molar-refractivity contribution in [3.05, 3.63) is 77.1 Å². The van der Waals surface area contributed by atoms with Crippen molar-refractivity contribution in [1.82, 2.24) is 36.4 Å². The molecule has 3 amide bonds. The molecule has 47 heavy (non-hydrogen) atoms. The molecule has 244 valence electrons. The van der Waals surface area contributed by atoms with Gasteiger partial charge >= 0.3 is 12.1 Å². The van der Waals surface area contributed by atoms with Gasteiger partial charge in [-0.05, 0) is 84.7 Å². The molecule has 1 fully saturated rings.